The SMILES string of the molecule is CNc1ncc(Br)cc1C=N. The first-order chi connectivity index (χ1) is 5.27. The van der Waals surface area contributed by atoms with Gasteiger partial charge >= 0.3 is 0 Å². The van der Waals surface area contributed by atoms with E-state index in [9.17, 15) is 0 Å². The highest BCUT2D eigenvalue weighted by molar-refractivity contribution is 9.10. The fourth-order valence-corrected chi connectivity index (χ4v) is 1.12. The Balaban J connectivity index is 3.16. The van der Waals surface area contributed by atoms with Crippen molar-refractivity contribution in [3.63, 3.8) is 0 Å². The zero-order chi connectivity index (χ0) is 8.27. The van der Waals surface area contributed by atoms with Crippen LogP contribution in [0.1, 0.15) is 5.56 Å². The van der Waals surface area contributed by atoms with E-state index in [2.05, 4.69) is 26.2 Å². The number of hydrogen-bond acceptors (Lipinski definition) is 3. The van der Waals surface area contributed by atoms with E-state index in [-0.39, 0.29) is 0 Å². The largest absolute Gasteiger partial charge is 0.373 e. The number of aromatic nitrogens is 1. The van der Waals surface area contributed by atoms with E-state index in [1.165, 1.54) is 6.21 Å². The average molecular weight is 214 g/mol. The monoisotopic (exact) mass is 213 g/mol. The van der Waals surface area contributed by atoms with Crippen LogP contribution in [-0.4, -0.2) is 18.2 Å². The minimum atomic E-state index is 0.725. The molecule has 11 heavy (non-hydrogen) atoms. The summed E-state index contributed by atoms with van der Waals surface area (Å²) in [7, 11) is 1.78. The number of rotatable bonds is 2. The van der Waals surface area contributed by atoms with Crippen molar-refractivity contribution in [1.82, 2.24) is 4.98 Å². The van der Waals surface area contributed by atoms with E-state index in [4.69, 9.17) is 5.41 Å². The number of nitrogens with one attached hydrogen (secondary N) is 2. The average Bonchev–Trinajstić information content (AvgIpc) is 2.04. The highest BCUT2D eigenvalue weighted by atomic mass is 79.9. The number of anilines is 1. The summed E-state index contributed by atoms with van der Waals surface area (Å²) in [6.45, 7) is 0. The molecule has 4 heteroatoms. The molecular formula is C7H8BrN3. The number of halogens is 1. The molecule has 0 fully saturated rings. The van der Waals surface area contributed by atoms with Crippen molar-refractivity contribution in [2.45, 2.75) is 0 Å². The van der Waals surface area contributed by atoms with Gasteiger partial charge in [-0.05, 0) is 22.0 Å². The van der Waals surface area contributed by atoms with Crippen LogP contribution in [0.2, 0.25) is 0 Å². The third kappa shape index (κ3) is 1.77. The Morgan fingerprint density at radius 3 is 3.00 bits per heavy atom. The van der Waals surface area contributed by atoms with Gasteiger partial charge in [-0.25, -0.2) is 4.98 Å². The molecule has 58 valence electrons. The minimum absolute atomic E-state index is 0.725. The summed E-state index contributed by atoms with van der Waals surface area (Å²) in [5.41, 5.74) is 0.780. The summed E-state index contributed by atoms with van der Waals surface area (Å²) in [5, 5.41) is 9.95. The molecule has 0 radical (unpaired) electrons. The predicted octanol–water partition coefficient (Wildman–Crippen LogP) is 1.88. The Morgan fingerprint density at radius 1 is 1.73 bits per heavy atom. The summed E-state index contributed by atoms with van der Waals surface area (Å²) < 4.78 is 0.884. The number of hydrogen-bond donors (Lipinski definition) is 2. The first-order valence-electron chi connectivity index (χ1n) is 3.11. The highest BCUT2D eigenvalue weighted by Gasteiger charge is 1.98. The first kappa shape index (κ1) is 8.20. The van der Waals surface area contributed by atoms with Crippen LogP contribution in [0.5, 0.6) is 0 Å². The number of nitrogens with zero attached hydrogens (tertiary/aromatic N) is 1. The normalized spacial score (nSPS) is 9.27. The van der Waals surface area contributed by atoms with Crippen LogP contribution in [0, 0.1) is 5.41 Å². The first-order valence-corrected chi connectivity index (χ1v) is 3.91. The molecule has 0 aliphatic heterocycles. The molecule has 0 spiro atoms. The lowest BCUT2D eigenvalue weighted by Gasteiger charge is -2.02. The van der Waals surface area contributed by atoms with Gasteiger partial charge in [-0.2, -0.15) is 0 Å². The van der Waals surface area contributed by atoms with E-state index in [0.717, 1.165) is 15.9 Å². The summed E-state index contributed by atoms with van der Waals surface area (Å²) in [4.78, 5) is 4.06. The van der Waals surface area contributed by atoms with Crippen LogP contribution in [-0.2, 0) is 0 Å². The molecule has 1 aromatic heterocycles. The quantitative estimate of drug-likeness (QED) is 0.738. The van der Waals surface area contributed by atoms with Crippen molar-refractivity contribution >= 4 is 28.0 Å². The Morgan fingerprint density at radius 2 is 2.45 bits per heavy atom. The van der Waals surface area contributed by atoms with Crippen molar-refractivity contribution in [1.29, 1.82) is 5.41 Å². The van der Waals surface area contributed by atoms with E-state index >= 15 is 0 Å². The van der Waals surface area contributed by atoms with Crippen LogP contribution >= 0.6 is 15.9 Å². The topological polar surface area (TPSA) is 48.8 Å². The molecule has 0 unspecified atom stereocenters. The Hall–Kier alpha value is -0.900. The molecule has 0 aliphatic carbocycles. The molecule has 1 heterocycles. The van der Waals surface area contributed by atoms with Gasteiger partial charge in [-0.3, -0.25) is 0 Å². The zero-order valence-corrected chi connectivity index (χ0v) is 7.64. The summed E-state index contributed by atoms with van der Waals surface area (Å²) >= 11 is 3.27. The lowest BCUT2D eigenvalue weighted by molar-refractivity contribution is 1.26. The van der Waals surface area contributed by atoms with E-state index in [1.807, 2.05) is 6.07 Å². The van der Waals surface area contributed by atoms with Gasteiger partial charge in [0.25, 0.3) is 0 Å². The Kier molecular flexibility index (Phi) is 2.59. The molecule has 0 atom stereocenters. The van der Waals surface area contributed by atoms with Gasteiger partial charge in [0.15, 0.2) is 0 Å². The zero-order valence-electron chi connectivity index (χ0n) is 6.06. The standard InChI is InChI=1S/C7H8BrN3/c1-10-7-5(3-9)2-6(8)4-11-7/h2-4,9H,1H3,(H,10,11). The van der Waals surface area contributed by atoms with Crippen molar-refractivity contribution in [3.8, 4) is 0 Å². The van der Waals surface area contributed by atoms with Crippen molar-refractivity contribution in [3.05, 3.63) is 22.3 Å². The highest BCUT2D eigenvalue weighted by Crippen LogP contribution is 2.15. The second kappa shape index (κ2) is 3.48. The maximum absolute atomic E-state index is 7.06. The summed E-state index contributed by atoms with van der Waals surface area (Å²) in [6, 6.07) is 1.84. The van der Waals surface area contributed by atoms with Gasteiger partial charge in [0.05, 0.1) is 0 Å². The molecule has 0 saturated carbocycles. The maximum Gasteiger partial charge on any atom is 0.134 e. The third-order valence-electron chi connectivity index (χ3n) is 1.28. The minimum Gasteiger partial charge on any atom is -0.373 e. The molecule has 3 nitrogen and oxygen atoms in total. The predicted molar refractivity (Wildman–Crippen MR) is 49.4 cm³/mol. The van der Waals surface area contributed by atoms with Crippen molar-refractivity contribution in [2.75, 3.05) is 12.4 Å². The molecular weight excluding hydrogens is 206 g/mol. The van der Waals surface area contributed by atoms with Gasteiger partial charge in [-0.1, -0.05) is 0 Å². The Labute approximate surface area is 73.5 Å². The Bertz CT molecular complexity index is 272. The summed E-state index contributed by atoms with van der Waals surface area (Å²) in [6.07, 6.45) is 2.96. The second-order valence-corrected chi connectivity index (χ2v) is 2.90. The van der Waals surface area contributed by atoms with Crippen LogP contribution in [0.15, 0.2) is 16.7 Å². The van der Waals surface area contributed by atoms with Crippen LogP contribution < -0.4 is 5.32 Å². The summed E-state index contributed by atoms with van der Waals surface area (Å²) in [5.74, 6) is 0.725. The molecule has 0 amide bonds. The maximum atomic E-state index is 7.06. The van der Waals surface area contributed by atoms with Crippen LogP contribution in [0.3, 0.4) is 0 Å². The van der Waals surface area contributed by atoms with Crippen molar-refractivity contribution < 1.29 is 0 Å². The van der Waals surface area contributed by atoms with Crippen LogP contribution in [0.25, 0.3) is 0 Å². The lowest BCUT2D eigenvalue weighted by atomic mass is 10.3. The molecule has 0 saturated heterocycles. The second-order valence-electron chi connectivity index (χ2n) is 1.99. The molecule has 1 rings (SSSR count). The smallest absolute Gasteiger partial charge is 0.134 e. The van der Waals surface area contributed by atoms with Gasteiger partial charge < -0.3 is 10.7 Å². The van der Waals surface area contributed by atoms with Gasteiger partial charge in [0.2, 0.25) is 0 Å². The molecule has 0 aliphatic rings. The third-order valence-corrected chi connectivity index (χ3v) is 1.71. The molecule has 0 bridgehead atoms. The van der Waals surface area contributed by atoms with Gasteiger partial charge in [0.1, 0.15) is 5.82 Å². The van der Waals surface area contributed by atoms with Crippen molar-refractivity contribution in [2.24, 2.45) is 0 Å². The fourth-order valence-electron chi connectivity index (χ4n) is 0.774. The molecule has 2 N–H and O–H groups in total. The van der Waals surface area contributed by atoms with Gasteiger partial charge in [0, 0.05) is 29.5 Å². The van der Waals surface area contributed by atoms with E-state index in [0.29, 0.717) is 0 Å². The van der Waals surface area contributed by atoms with E-state index in [1.54, 1.807) is 13.2 Å². The number of pyridine rings is 1. The fraction of sp³-hybridized carbons (Fsp3) is 0.143. The van der Waals surface area contributed by atoms with E-state index < -0.39 is 0 Å². The molecule has 1 aromatic rings. The van der Waals surface area contributed by atoms with Crippen LogP contribution in [0.4, 0.5) is 5.82 Å². The lowest BCUT2D eigenvalue weighted by Crippen LogP contribution is -1.96. The van der Waals surface area contributed by atoms with Gasteiger partial charge in [-0.15, -0.1) is 0 Å². The molecule has 0 aromatic carbocycles.